The lowest BCUT2D eigenvalue weighted by molar-refractivity contribution is 0.476. The lowest BCUT2D eigenvalue weighted by Crippen LogP contribution is -2.29. The van der Waals surface area contributed by atoms with Crippen LogP contribution in [0.3, 0.4) is 0 Å². The monoisotopic (exact) mass is 218 g/mol. The molecule has 0 N–H and O–H groups in total. The smallest absolute Gasteiger partial charge is 0.322 e. The predicted molar refractivity (Wildman–Crippen MR) is 46.6 cm³/mol. The maximum atomic E-state index is 11.5. The molecule has 6 heteroatoms. The minimum Gasteiger partial charge on any atom is -0.459 e. The van der Waals surface area contributed by atoms with Gasteiger partial charge in [0.05, 0.1) is 4.90 Å². The molecule has 0 saturated heterocycles. The van der Waals surface area contributed by atoms with E-state index in [1.54, 1.807) is 6.92 Å². The molecule has 3 heterocycles. The SMILES string of the molecule is CC12Cc3oc1c(c3S)OS2(=O)=O. The lowest BCUT2D eigenvalue weighted by Gasteiger charge is -2.12. The van der Waals surface area contributed by atoms with Gasteiger partial charge in [0, 0.05) is 6.42 Å². The number of furan rings is 1. The Morgan fingerprint density at radius 2 is 2.23 bits per heavy atom. The molecule has 2 aliphatic rings. The van der Waals surface area contributed by atoms with Crippen LogP contribution < -0.4 is 4.18 Å². The minimum atomic E-state index is -3.55. The van der Waals surface area contributed by atoms with Crippen LogP contribution in [-0.2, 0) is 21.3 Å². The highest BCUT2D eigenvalue weighted by molar-refractivity contribution is 7.88. The molecule has 0 amide bonds. The van der Waals surface area contributed by atoms with Gasteiger partial charge in [-0.05, 0) is 6.92 Å². The van der Waals surface area contributed by atoms with E-state index < -0.39 is 14.9 Å². The van der Waals surface area contributed by atoms with E-state index in [1.165, 1.54) is 0 Å². The van der Waals surface area contributed by atoms with E-state index in [4.69, 9.17) is 8.60 Å². The fourth-order valence-electron chi connectivity index (χ4n) is 1.79. The van der Waals surface area contributed by atoms with E-state index in [0.717, 1.165) is 0 Å². The van der Waals surface area contributed by atoms with Gasteiger partial charge in [0.25, 0.3) is 0 Å². The largest absolute Gasteiger partial charge is 0.459 e. The highest BCUT2D eigenvalue weighted by Crippen LogP contribution is 2.57. The first-order valence-electron chi connectivity index (χ1n) is 3.75. The van der Waals surface area contributed by atoms with Crippen molar-refractivity contribution in [3.8, 4) is 5.75 Å². The molecule has 13 heavy (non-hydrogen) atoms. The Hall–Kier alpha value is -0.620. The van der Waals surface area contributed by atoms with Gasteiger partial charge in [0.1, 0.15) is 5.76 Å². The zero-order chi connectivity index (χ0) is 9.43. The second-order valence-corrected chi connectivity index (χ2v) is 5.90. The Morgan fingerprint density at radius 1 is 1.54 bits per heavy atom. The summed E-state index contributed by atoms with van der Waals surface area (Å²) in [7, 11) is -3.55. The van der Waals surface area contributed by atoms with Crippen LogP contribution in [0, 0.1) is 0 Å². The maximum Gasteiger partial charge on any atom is 0.322 e. The summed E-state index contributed by atoms with van der Waals surface area (Å²) in [6.07, 6.45) is 0.340. The van der Waals surface area contributed by atoms with Gasteiger partial charge < -0.3 is 8.60 Å². The molecule has 2 bridgehead atoms. The van der Waals surface area contributed by atoms with Crippen LogP contribution in [-0.4, -0.2) is 8.42 Å². The van der Waals surface area contributed by atoms with Crippen molar-refractivity contribution in [2.45, 2.75) is 23.0 Å². The van der Waals surface area contributed by atoms with E-state index in [9.17, 15) is 8.42 Å². The summed E-state index contributed by atoms with van der Waals surface area (Å²) in [5.74, 6) is 1.30. The molecule has 2 aliphatic heterocycles. The molecule has 70 valence electrons. The van der Waals surface area contributed by atoms with Crippen molar-refractivity contribution in [3.63, 3.8) is 0 Å². The zero-order valence-corrected chi connectivity index (χ0v) is 8.41. The van der Waals surface area contributed by atoms with Gasteiger partial charge in [-0.2, -0.15) is 8.42 Å². The topological polar surface area (TPSA) is 56.5 Å². The first kappa shape index (κ1) is 7.75. The molecule has 0 spiro atoms. The average Bonchev–Trinajstić information content (AvgIpc) is 2.53. The molecule has 1 atom stereocenters. The Labute approximate surface area is 80.4 Å². The molecular weight excluding hydrogens is 212 g/mol. The molecular formula is C7H6O4S2. The fourth-order valence-corrected chi connectivity index (χ4v) is 3.35. The second kappa shape index (κ2) is 1.76. The van der Waals surface area contributed by atoms with Gasteiger partial charge in [0.15, 0.2) is 16.3 Å². The van der Waals surface area contributed by atoms with Gasteiger partial charge in [-0.3, -0.25) is 0 Å². The van der Waals surface area contributed by atoms with Crippen LogP contribution in [0.25, 0.3) is 0 Å². The Kier molecular flexibility index (Phi) is 1.05. The van der Waals surface area contributed by atoms with Crippen LogP contribution in [0.15, 0.2) is 9.31 Å². The number of thiol groups is 1. The van der Waals surface area contributed by atoms with E-state index in [1.807, 2.05) is 0 Å². The molecule has 1 aromatic rings. The fraction of sp³-hybridized carbons (Fsp3) is 0.429. The van der Waals surface area contributed by atoms with Crippen molar-refractivity contribution in [2.24, 2.45) is 0 Å². The van der Waals surface area contributed by atoms with E-state index in [0.29, 0.717) is 22.8 Å². The van der Waals surface area contributed by atoms with Crippen molar-refractivity contribution in [1.29, 1.82) is 0 Å². The van der Waals surface area contributed by atoms with Gasteiger partial charge >= 0.3 is 10.1 Å². The van der Waals surface area contributed by atoms with Gasteiger partial charge in [-0.15, -0.1) is 12.6 Å². The number of hydrogen-bond acceptors (Lipinski definition) is 5. The Morgan fingerprint density at radius 3 is 2.77 bits per heavy atom. The van der Waals surface area contributed by atoms with E-state index in [-0.39, 0.29) is 5.75 Å². The van der Waals surface area contributed by atoms with Gasteiger partial charge in [-0.25, -0.2) is 0 Å². The van der Waals surface area contributed by atoms with Crippen molar-refractivity contribution in [2.75, 3.05) is 0 Å². The van der Waals surface area contributed by atoms with Crippen molar-refractivity contribution in [3.05, 3.63) is 11.5 Å². The Bertz CT molecular complexity index is 513. The Balaban J connectivity index is 2.45. The van der Waals surface area contributed by atoms with Crippen LogP contribution in [0.1, 0.15) is 18.4 Å². The standard InChI is InChI=1S/C7H6O4S2/c1-7-2-3-5(12)4(6(7)10-3)11-13(7,8)9/h12H,2H2,1H3. The summed E-state index contributed by atoms with van der Waals surface area (Å²) in [6, 6.07) is 0. The highest BCUT2D eigenvalue weighted by atomic mass is 32.2. The molecule has 1 aromatic heterocycles. The number of fused-ring (bicyclic) bond motifs is 1. The summed E-state index contributed by atoms with van der Waals surface area (Å²) in [5.41, 5.74) is 0. The van der Waals surface area contributed by atoms with Crippen molar-refractivity contribution in [1.82, 2.24) is 0 Å². The first-order valence-corrected chi connectivity index (χ1v) is 5.60. The molecule has 1 unspecified atom stereocenters. The lowest BCUT2D eigenvalue weighted by atomic mass is 10.00. The van der Waals surface area contributed by atoms with Crippen molar-refractivity contribution < 1.29 is 17.0 Å². The summed E-state index contributed by atoms with van der Waals surface area (Å²) in [5, 5.41) is 0. The summed E-state index contributed by atoms with van der Waals surface area (Å²) in [4.78, 5) is 0.522. The predicted octanol–water partition coefficient (Wildman–Crippen LogP) is 1.06. The molecule has 0 radical (unpaired) electrons. The molecule has 0 aliphatic carbocycles. The van der Waals surface area contributed by atoms with Crippen LogP contribution >= 0.6 is 12.6 Å². The van der Waals surface area contributed by atoms with Crippen LogP contribution in [0.4, 0.5) is 0 Å². The molecule has 0 fully saturated rings. The van der Waals surface area contributed by atoms with Crippen LogP contribution in [0.2, 0.25) is 0 Å². The average molecular weight is 218 g/mol. The number of hydrogen-bond donors (Lipinski definition) is 1. The van der Waals surface area contributed by atoms with Crippen LogP contribution in [0.5, 0.6) is 5.75 Å². The third-order valence-electron chi connectivity index (χ3n) is 2.63. The minimum absolute atomic E-state index is 0.284. The van der Waals surface area contributed by atoms with Gasteiger partial charge in [0.2, 0.25) is 0 Å². The molecule has 0 saturated carbocycles. The first-order chi connectivity index (χ1) is 5.96. The molecule has 0 aromatic carbocycles. The van der Waals surface area contributed by atoms with E-state index >= 15 is 0 Å². The quantitative estimate of drug-likeness (QED) is 0.522. The van der Waals surface area contributed by atoms with E-state index in [2.05, 4.69) is 12.6 Å². The van der Waals surface area contributed by atoms with Crippen molar-refractivity contribution >= 4 is 22.7 Å². The molecule has 3 rings (SSSR count). The maximum absolute atomic E-state index is 11.5. The summed E-state index contributed by atoms with van der Waals surface area (Å²) in [6.45, 7) is 1.61. The normalized spacial score (nSPS) is 32.2. The summed E-state index contributed by atoms with van der Waals surface area (Å²) < 4.78 is 32.2. The third kappa shape index (κ3) is 0.614. The van der Waals surface area contributed by atoms with Gasteiger partial charge in [-0.1, -0.05) is 0 Å². The highest BCUT2D eigenvalue weighted by Gasteiger charge is 2.60. The molecule has 4 nitrogen and oxygen atoms in total. The second-order valence-electron chi connectivity index (χ2n) is 3.48. The number of rotatable bonds is 0. The zero-order valence-electron chi connectivity index (χ0n) is 6.70. The third-order valence-corrected chi connectivity index (χ3v) is 4.91. The summed E-state index contributed by atoms with van der Waals surface area (Å²) >= 11 is 4.12.